The van der Waals surface area contributed by atoms with E-state index >= 15 is 0 Å². The van der Waals surface area contributed by atoms with Crippen LogP contribution in [-0.2, 0) is 4.74 Å². The summed E-state index contributed by atoms with van der Waals surface area (Å²) >= 11 is 0. The van der Waals surface area contributed by atoms with Crippen LogP contribution < -0.4 is 26.2 Å². The highest BCUT2D eigenvalue weighted by molar-refractivity contribution is 6.05. The van der Waals surface area contributed by atoms with Crippen LogP contribution in [-0.4, -0.2) is 59.0 Å². The summed E-state index contributed by atoms with van der Waals surface area (Å²) in [6.45, 7) is 0. The third-order valence-corrected chi connectivity index (χ3v) is 6.15. The topological polar surface area (TPSA) is 145 Å². The molecule has 4 aromatic rings. The van der Waals surface area contributed by atoms with Crippen LogP contribution in [0.15, 0.2) is 52.0 Å². The van der Waals surface area contributed by atoms with Gasteiger partial charge in [0.05, 0.1) is 24.9 Å². The fourth-order valence-corrected chi connectivity index (χ4v) is 4.09. The van der Waals surface area contributed by atoms with E-state index in [0.717, 1.165) is 12.8 Å². The smallest absolute Gasteiger partial charge is 0.292 e. The van der Waals surface area contributed by atoms with Crippen LogP contribution in [0.5, 0.6) is 5.75 Å². The number of rotatable bonds is 8. The lowest BCUT2D eigenvalue weighted by atomic mass is 9.89. The molecule has 12 heteroatoms. The number of fused-ring (bicyclic) bond motifs is 1. The van der Waals surface area contributed by atoms with Crippen molar-refractivity contribution in [3.05, 3.63) is 58.8 Å². The number of methoxy groups -OCH3 is 2. The molecule has 1 amide bonds. The maximum atomic E-state index is 13.3. The summed E-state index contributed by atoms with van der Waals surface area (Å²) in [5.74, 6) is 0.689. The second-order valence-corrected chi connectivity index (χ2v) is 8.20. The Morgan fingerprint density at radius 1 is 1.17 bits per heavy atom. The molecule has 0 unspecified atom stereocenters. The molecule has 1 aliphatic carbocycles. The molecular formula is C24H25N7O5. The molecule has 4 heterocycles. The maximum absolute atomic E-state index is 13.3. The Bertz CT molecular complexity index is 1480. The van der Waals surface area contributed by atoms with Gasteiger partial charge in [0.15, 0.2) is 17.1 Å². The van der Waals surface area contributed by atoms with E-state index in [-0.39, 0.29) is 34.7 Å². The van der Waals surface area contributed by atoms with E-state index in [0.29, 0.717) is 28.6 Å². The van der Waals surface area contributed by atoms with Gasteiger partial charge in [-0.15, -0.1) is 0 Å². The summed E-state index contributed by atoms with van der Waals surface area (Å²) < 4.78 is 17.4. The molecule has 36 heavy (non-hydrogen) atoms. The van der Waals surface area contributed by atoms with E-state index in [1.807, 2.05) is 0 Å². The van der Waals surface area contributed by atoms with Crippen LogP contribution in [0.4, 0.5) is 17.2 Å². The summed E-state index contributed by atoms with van der Waals surface area (Å²) in [5, 5.41) is 13.0. The predicted molar refractivity (Wildman–Crippen MR) is 132 cm³/mol. The first kappa shape index (κ1) is 23.3. The molecule has 0 aromatic carbocycles. The molecule has 0 aliphatic heterocycles. The van der Waals surface area contributed by atoms with Gasteiger partial charge in [0.2, 0.25) is 5.76 Å². The SMILES string of the molecule is CNc1cc(Nc2cccn(-c3ncccc3OC)c2=O)nc2c(C(=O)N[C@@H]3CC[C@H]3OC)onc12. The molecule has 12 nitrogen and oxygen atoms in total. The van der Waals surface area contributed by atoms with Gasteiger partial charge in [-0.05, 0) is 37.1 Å². The largest absolute Gasteiger partial charge is 0.493 e. The third kappa shape index (κ3) is 4.11. The minimum Gasteiger partial charge on any atom is -0.493 e. The Morgan fingerprint density at radius 3 is 2.75 bits per heavy atom. The van der Waals surface area contributed by atoms with Crippen molar-refractivity contribution in [2.45, 2.75) is 25.0 Å². The van der Waals surface area contributed by atoms with E-state index in [2.05, 4.69) is 31.1 Å². The molecule has 5 rings (SSSR count). The van der Waals surface area contributed by atoms with Gasteiger partial charge in [-0.1, -0.05) is 5.16 Å². The number of carbonyl (C=O) groups is 1. The van der Waals surface area contributed by atoms with Crippen molar-refractivity contribution in [1.29, 1.82) is 0 Å². The van der Waals surface area contributed by atoms with Crippen LogP contribution in [0.3, 0.4) is 0 Å². The van der Waals surface area contributed by atoms with Gasteiger partial charge in [-0.3, -0.25) is 14.2 Å². The summed E-state index contributed by atoms with van der Waals surface area (Å²) in [5.41, 5.74) is 1.12. The summed E-state index contributed by atoms with van der Waals surface area (Å²) in [6, 6.07) is 8.36. The first-order valence-electron chi connectivity index (χ1n) is 11.3. The number of hydrogen-bond acceptors (Lipinski definition) is 10. The molecular weight excluding hydrogens is 466 g/mol. The lowest BCUT2D eigenvalue weighted by Crippen LogP contribution is -2.51. The Labute approximate surface area is 205 Å². The van der Waals surface area contributed by atoms with E-state index < -0.39 is 5.91 Å². The monoisotopic (exact) mass is 491 g/mol. The fourth-order valence-electron chi connectivity index (χ4n) is 4.09. The zero-order chi connectivity index (χ0) is 25.2. The average molecular weight is 492 g/mol. The van der Waals surface area contributed by atoms with Crippen molar-refractivity contribution in [3.63, 3.8) is 0 Å². The van der Waals surface area contributed by atoms with Gasteiger partial charge < -0.3 is 29.9 Å². The molecule has 3 N–H and O–H groups in total. The van der Waals surface area contributed by atoms with E-state index in [1.165, 1.54) is 11.7 Å². The van der Waals surface area contributed by atoms with Gasteiger partial charge in [0, 0.05) is 32.6 Å². The zero-order valence-electron chi connectivity index (χ0n) is 19.9. The third-order valence-electron chi connectivity index (χ3n) is 6.15. The van der Waals surface area contributed by atoms with Crippen LogP contribution in [0, 0.1) is 0 Å². The van der Waals surface area contributed by atoms with Gasteiger partial charge >= 0.3 is 0 Å². The second-order valence-electron chi connectivity index (χ2n) is 8.20. The Balaban J connectivity index is 1.49. The van der Waals surface area contributed by atoms with Crippen LogP contribution in [0.1, 0.15) is 23.4 Å². The maximum Gasteiger partial charge on any atom is 0.292 e. The molecule has 4 aromatic heterocycles. The van der Waals surface area contributed by atoms with Crippen LogP contribution in [0.25, 0.3) is 16.9 Å². The summed E-state index contributed by atoms with van der Waals surface area (Å²) in [7, 11) is 4.85. The number of nitrogens with zero attached hydrogens (tertiary/aromatic N) is 4. The van der Waals surface area contributed by atoms with Gasteiger partial charge in [-0.25, -0.2) is 9.97 Å². The molecule has 1 saturated carbocycles. The van der Waals surface area contributed by atoms with Crippen molar-refractivity contribution in [2.24, 2.45) is 0 Å². The van der Waals surface area contributed by atoms with Crippen molar-refractivity contribution >= 4 is 34.1 Å². The number of ether oxygens (including phenoxy) is 2. The second kappa shape index (κ2) is 9.66. The minimum absolute atomic E-state index is 0.0180. The summed E-state index contributed by atoms with van der Waals surface area (Å²) in [4.78, 5) is 35.0. The lowest BCUT2D eigenvalue weighted by Gasteiger charge is -2.35. The molecule has 0 bridgehead atoms. The first-order valence-corrected chi connectivity index (χ1v) is 11.3. The highest BCUT2D eigenvalue weighted by Crippen LogP contribution is 2.29. The number of hydrogen-bond donors (Lipinski definition) is 3. The van der Waals surface area contributed by atoms with Crippen LogP contribution >= 0.6 is 0 Å². The molecule has 186 valence electrons. The number of pyridine rings is 3. The van der Waals surface area contributed by atoms with Crippen molar-refractivity contribution < 1.29 is 18.8 Å². The Hall–Kier alpha value is -4.45. The highest BCUT2D eigenvalue weighted by Gasteiger charge is 2.34. The Kier molecular flexibility index (Phi) is 6.25. The van der Waals surface area contributed by atoms with Gasteiger partial charge in [0.25, 0.3) is 11.5 Å². The number of anilines is 3. The first-order chi connectivity index (χ1) is 17.5. The molecule has 1 fully saturated rings. The van der Waals surface area contributed by atoms with Crippen molar-refractivity contribution in [1.82, 2.24) is 25.0 Å². The standard InChI is InChI=1S/C24H25N7O5/c1-25-15-12-18(27-14-6-5-11-31(24(14)33)22-17(35-3)7-4-10-26-22)29-20-19(15)30-36-21(20)23(32)28-13-8-9-16(13)34-2/h4-7,10-13,16,25H,8-9H2,1-3H3,(H,27,29)(H,28,32)/t13-,16-/m1/s1. The Morgan fingerprint density at radius 2 is 2.03 bits per heavy atom. The number of amides is 1. The van der Waals surface area contributed by atoms with E-state index in [1.54, 1.807) is 56.9 Å². The summed E-state index contributed by atoms with van der Waals surface area (Å²) in [6.07, 6.45) is 4.85. The molecule has 2 atom stereocenters. The lowest BCUT2D eigenvalue weighted by molar-refractivity contribution is 0.00678. The van der Waals surface area contributed by atoms with Crippen LogP contribution in [0.2, 0.25) is 0 Å². The highest BCUT2D eigenvalue weighted by atomic mass is 16.5. The predicted octanol–water partition coefficient (Wildman–Crippen LogP) is 2.47. The van der Waals surface area contributed by atoms with Gasteiger partial charge in [-0.2, -0.15) is 0 Å². The van der Waals surface area contributed by atoms with Gasteiger partial charge in [0.1, 0.15) is 17.0 Å². The molecule has 0 saturated heterocycles. The normalized spacial score (nSPS) is 16.9. The van der Waals surface area contributed by atoms with E-state index in [9.17, 15) is 9.59 Å². The van der Waals surface area contributed by atoms with E-state index in [4.69, 9.17) is 14.0 Å². The molecule has 1 aliphatic rings. The average Bonchev–Trinajstić information content (AvgIpc) is 3.31. The number of carbonyl (C=O) groups excluding carboxylic acids is 1. The molecule has 0 radical (unpaired) electrons. The number of aromatic nitrogens is 4. The van der Waals surface area contributed by atoms with Crippen molar-refractivity contribution in [3.8, 4) is 11.6 Å². The van der Waals surface area contributed by atoms with Crippen molar-refractivity contribution in [2.75, 3.05) is 31.9 Å². The fraction of sp³-hybridized carbons (Fsp3) is 0.292. The number of nitrogens with one attached hydrogen (secondary N) is 3. The zero-order valence-corrected chi connectivity index (χ0v) is 19.9. The molecule has 0 spiro atoms. The minimum atomic E-state index is -0.430. The quantitative estimate of drug-likeness (QED) is 0.336.